The highest BCUT2D eigenvalue weighted by Crippen LogP contribution is 2.12. The van der Waals surface area contributed by atoms with E-state index in [9.17, 15) is 9.59 Å². The summed E-state index contributed by atoms with van der Waals surface area (Å²) >= 11 is 0. The fourth-order valence-electron chi connectivity index (χ4n) is 1.84. The first-order valence-electron chi connectivity index (χ1n) is 7.23. The predicted octanol–water partition coefficient (Wildman–Crippen LogP) is 3.34. The normalized spacial score (nSPS) is 10.4. The summed E-state index contributed by atoms with van der Waals surface area (Å²) in [5.41, 5.74) is 1.23. The lowest BCUT2D eigenvalue weighted by molar-refractivity contribution is -0.116. The quantitative estimate of drug-likeness (QED) is 0.750. The second kappa shape index (κ2) is 8.35. The maximum absolute atomic E-state index is 11.9. The van der Waals surface area contributed by atoms with Crippen LogP contribution in [-0.2, 0) is 4.79 Å². The van der Waals surface area contributed by atoms with Gasteiger partial charge < -0.3 is 10.6 Å². The minimum Gasteiger partial charge on any atom is -0.350 e. The lowest BCUT2D eigenvalue weighted by Gasteiger charge is -2.10. The first-order chi connectivity index (χ1) is 9.52. The predicted molar refractivity (Wildman–Crippen MR) is 81.8 cm³/mol. The van der Waals surface area contributed by atoms with Crippen molar-refractivity contribution in [1.82, 2.24) is 5.32 Å². The van der Waals surface area contributed by atoms with Crippen LogP contribution in [-0.4, -0.2) is 17.9 Å². The van der Waals surface area contributed by atoms with Gasteiger partial charge >= 0.3 is 0 Å². The van der Waals surface area contributed by atoms with Crippen molar-refractivity contribution >= 4 is 17.5 Å². The summed E-state index contributed by atoms with van der Waals surface area (Å²) < 4.78 is 0. The number of amides is 2. The molecule has 1 rings (SSSR count). The Balaban J connectivity index is 2.59. The Labute approximate surface area is 121 Å². The third kappa shape index (κ3) is 5.87. The number of carbonyl (C=O) groups excluding carboxylic acids is 2. The second-order valence-corrected chi connectivity index (χ2v) is 5.21. The Hall–Kier alpha value is -1.84. The Morgan fingerprint density at radius 1 is 1.20 bits per heavy atom. The van der Waals surface area contributed by atoms with E-state index in [1.54, 1.807) is 24.3 Å². The van der Waals surface area contributed by atoms with Crippen LogP contribution in [0.5, 0.6) is 0 Å². The number of carbonyl (C=O) groups is 2. The average molecular weight is 276 g/mol. The minimum absolute atomic E-state index is 0.000122. The van der Waals surface area contributed by atoms with E-state index in [2.05, 4.69) is 17.6 Å². The lowest BCUT2D eigenvalue weighted by Crippen LogP contribution is -2.30. The van der Waals surface area contributed by atoms with Gasteiger partial charge in [-0.1, -0.05) is 25.8 Å². The van der Waals surface area contributed by atoms with Gasteiger partial charge in [-0.3, -0.25) is 9.59 Å². The Kier molecular flexibility index (Phi) is 6.77. The largest absolute Gasteiger partial charge is 0.350 e. The standard InChI is InChI=1S/C16H24N2O2/c1-4-5-6-10-15(19)18-14-9-7-8-13(11-14)16(20)17-12(2)3/h7-9,11-12H,4-6,10H2,1-3H3,(H,17,20)(H,18,19). The first kappa shape index (κ1) is 16.2. The van der Waals surface area contributed by atoms with Crippen molar-refractivity contribution in [3.05, 3.63) is 29.8 Å². The zero-order valence-corrected chi connectivity index (χ0v) is 12.5. The monoisotopic (exact) mass is 276 g/mol. The van der Waals surface area contributed by atoms with Gasteiger partial charge in [-0.2, -0.15) is 0 Å². The molecule has 110 valence electrons. The number of benzene rings is 1. The fraction of sp³-hybridized carbons (Fsp3) is 0.500. The SMILES string of the molecule is CCCCCC(=O)Nc1cccc(C(=O)NC(C)C)c1. The number of anilines is 1. The van der Waals surface area contributed by atoms with E-state index in [1.165, 1.54) is 0 Å². The van der Waals surface area contributed by atoms with Crippen LogP contribution in [0.15, 0.2) is 24.3 Å². The van der Waals surface area contributed by atoms with Gasteiger partial charge in [0.1, 0.15) is 0 Å². The van der Waals surface area contributed by atoms with Crippen LogP contribution in [0.3, 0.4) is 0 Å². The van der Waals surface area contributed by atoms with Crippen molar-refractivity contribution in [3.63, 3.8) is 0 Å². The fourth-order valence-corrected chi connectivity index (χ4v) is 1.84. The number of hydrogen-bond donors (Lipinski definition) is 2. The molecule has 0 heterocycles. The molecule has 4 nitrogen and oxygen atoms in total. The lowest BCUT2D eigenvalue weighted by atomic mass is 10.1. The van der Waals surface area contributed by atoms with Crippen molar-refractivity contribution < 1.29 is 9.59 Å². The van der Waals surface area contributed by atoms with Gasteiger partial charge in [-0.05, 0) is 38.5 Å². The van der Waals surface area contributed by atoms with E-state index in [-0.39, 0.29) is 17.9 Å². The highest BCUT2D eigenvalue weighted by Gasteiger charge is 2.08. The molecule has 4 heteroatoms. The van der Waals surface area contributed by atoms with Crippen LogP contribution in [0.1, 0.15) is 56.8 Å². The van der Waals surface area contributed by atoms with Crippen LogP contribution in [0.2, 0.25) is 0 Å². The third-order valence-corrected chi connectivity index (χ3v) is 2.84. The van der Waals surface area contributed by atoms with Crippen molar-refractivity contribution in [2.24, 2.45) is 0 Å². The maximum atomic E-state index is 11.9. The molecule has 2 amide bonds. The average Bonchev–Trinajstić information content (AvgIpc) is 2.38. The molecule has 0 spiro atoms. The van der Waals surface area contributed by atoms with E-state index in [0.717, 1.165) is 19.3 Å². The molecule has 0 bridgehead atoms. The van der Waals surface area contributed by atoms with E-state index in [0.29, 0.717) is 17.7 Å². The van der Waals surface area contributed by atoms with Gasteiger partial charge in [0.2, 0.25) is 5.91 Å². The Bertz CT molecular complexity index is 456. The van der Waals surface area contributed by atoms with E-state index >= 15 is 0 Å². The van der Waals surface area contributed by atoms with Gasteiger partial charge in [-0.25, -0.2) is 0 Å². The molecule has 0 aromatic heterocycles. The molecule has 0 unspecified atom stereocenters. The van der Waals surface area contributed by atoms with Crippen molar-refractivity contribution in [2.75, 3.05) is 5.32 Å². The van der Waals surface area contributed by atoms with Gasteiger partial charge in [0.25, 0.3) is 5.91 Å². The molecule has 0 saturated carbocycles. The molecule has 0 aliphatic carbocycles. The van der Waals surface area contributed by atoms with E-state index in [4.69, 9.17) is 0 Å². The van der Waals surface area contributed by atoms with Crippen LogP contribution in [0.4, 0.5) is 5.69 Å². The highest BCUT2D eigenvalue weighted by atomic mass is 16.2. The van der Waals surface area contributed by atoms with Crippen molar-refractivity contribution in [3.8, 4) is 0 Å². The van der Waals surface area contributed by atoms with E-state index < -0.39 is 0 Å². The van der Waals surface area contributed by atoms with Gasteiger partial charge in [0.05, 0.1) is 0 Å². The molecule has 0 saturated heterocycles. The summed E-state index contributed by atoms with van der Waals surface area (Å²) in [4.78, 5) is 23.6. The number of unbranched alkanes of at least 4 members (excludes halogenated alkanes) is 2. The van der Waals surface area contributed by atoms with E-state index in [1.807, 2.05) is 13.8 Å². The molecular weight excluding hydrogens is 252 g/mol. The Morgan fingerprint density at radius 2 is 1.95 bits per heavy atom. The van der Waals surface area contributed by atoms with Crippen molar-refractivity contribution in [1.29, 1.82) is 0 Å². The molecule has 20 heavy (non-hydrogen) atoms. The molecule has 2 N–H and O–H groups in total. The zero-order valence-electron chi connectivity index (χ0n) is 12.5. The molecule has 1 aromatic carbocycles. The Morgan fingerprint density at radius 3 is 2.60 bits per heavy atom. The van der Waals surface area contributed by atoms with Gasteiger partial charge in [-0.15, -0.1) is 0 Å². The summed E-state index contributed by atoms with van der Waals surface area (Å²) in [5.74, 6) is -0.123. The first-order valence-corrected chi connectivity index (χ1v) is 7.23. The summed E-state index contributed by atoms with van der Waals surface area (Å²) in [7, 11) is 0. The highest BCUT2D eigenvalue weighted by molar-refractivity contribution is 5.97. The van der Waals surface area contributed by atoms with Crippen molar-refractivity contribution in [2.45, 2.75) is 52.5 Å². The number of hydrogen-bond acceptors (Lipinski definition) is 2. The van der Waals surface area contributed by atoms with Crippen LogP contribution in [0, 0.1) is 0 Å². The second-order valence-electron chi connectivity index (χ2n) is 5.21. The molecule has 0 radical (unpaired) electrons. The molecule has 1 aromatic rings. The van der Waals surface area contributed by atoms with Crippen LogP contribution >= 0.6 is 0 Å². The zero-order chi connectivity index (χ0) is 15.0. The number of rotatable bonds is 7. The summed E-state index contributed by atoms with van der Waals surface area (Å²) in [5, 5.41) is 5.66. The molecule has 0 atom stereocenters. The smallest absolute Gasteiger partial charge is 0.251 e. The summed E-state index contributed by atoms with van der Waals surface area (Å²) in [6, 6.07) is 7.11. The summed E-state index contributed by atoms with van der Waals surface area (Å²) in [6.07, 6.45) is 3.58. The van der Waals surface area contributed by atoms with Crippen LogP contribution in [0.25, 0.3) is 0 Å². The van der Waals surface area contributed by atoms with Crippen LogP contribution < -0.4 is 10.6 Å². The topological polar surface area (TPSA) is 58.2 Å². The maximum Gasteiger partial charge on any atom is 0.251 e. The summed E-state index contributed by atoms with van der Waals surface area (Å²) in [6.45, 7) is 5.93. The minimum atomic E-state index is -0.123. The third-order valence-electron chi connectivity index (χ3n) is 2.84. The molecule has 0 fully saturated rings. The molecular formula is C16H24N2O2. The number of nitrogens with one attached hydrogen (secondary N) is 2. The molecule has 0 aliphatic rings. The molecule has 0 aliphatic heterocycles. The van der Waals surface area contributed by atoms with Gasteiger partial charge in [0.15, 0.2) is 0 Å². The van der Waals surface area contributed by atoms with Gasteiger partial charge in [0, 0.05) is 23.7 Å².